The first-order valence-corrected chi connectivity index (χ1v) is 8.95. The van der Waals surface area contributed by atoms with E-state index in [1.54, 1.807) is 0 Å². The zero-order valence-electron chi connectivity index (χ0n) is 12.9. The van der Waals surface area contributed by atoms with Gasteiger partial charge in [0.05, 0.1) is 11.7 Å². The Hall–Kier alpha value is -0.0800. The van der Waals surface area contributed by atoms with Crippen molar-refractivity contribution in [3.63, 3.8) is 0 Å². The van der Waals surface area contributed by atoms with Crippen molar-refractivity contribution < 1.29 is 10.2 Å². The minimum Gasteiger partial charge on any atom is -0.393 e. The summed E-state index contributed by atoms with van der Waals surface area (Å²) in [6.45, 7) is 2.34. The number of aliphatic hydroxyl groups is 2. The monoisotopic (exact) mass is 278 g/mol. The fraction of sp³-hybridized carbons (Fsp3) is 1.00. The molecule has 0 heterocycles. The molecule has 0 amide bonds. The summed E-state index contributed by atoms with van der Waals surface area (Å²) in [4.78, 5) is 0. The molecule has 2 heteroatoms. The maximum absolute atomic E-state index is 11.0. The van der Waals surface area contributed by atoms with Crippen molar-refractivity contribution in [1.29, 1.82) is 0 Å². The van der Waals surface area contributed by atoms with Crippen molar-refractivity contribution >= 4 is 0 Å². The Morgan fingerprint density at radius 2 is 1.55 bits per heavy atom. The van der Waals surface area contributed by atoms with Crippen LogP contribution in [0.4, 0.5) is 0 Å². The fourth-order valence-corrected chi connectivity index (χ4v) is 6.79. The third-order valence-electron chi connectivity index (χ3n) is 7.93. The maximum Gasteiger partial charge on any atom is 0.0678 e. The van der Waals surface area contributed by atoms with Crippen LogP contribution in [0.3, 0.4) is 0 Å². The second kappa shape index (κ2) is 4.46. The lowest BCUT2D eigenvalue weighted by atomic mass is 9.49. The van der Waals surface area contributed by atoms with Crippen molar-refractivity contribution in [3.8, 4) is 0 Å². The normalized spacial score (nSPS) is 58.6. The second-order valence-corrected chi connectivity index (χ2v) is 8.57. The number of fused-ring (bicyclic) bond motifs is 5. The molecular weight excluding hydrogens is 248 g/mol. The Kier molecular flexibility index (Phi) is 3.03. The average Bonchev–Trinajstić information content (AvgIpc) is 2.74. The Labute approximate surface area is 123 Å². The molecule has 4 aliphatic rings. The van der Waals surface area contributed by atoms with Gasteiger partial charge >= 0.3 is 0 Å². The minimum atomic E-state index is -0.329. The van der Waals surface area contributed by atoms with Gasteiger partial charge in [0.1, 0.15) is 0 Å². The lowest BCUT2D eigenvalue weighted by molar-refractivity contribution is -0.155. The van der Waals surface area contributed by atoms with Gasteiger partial charge in [-0.25, -0.2) is 0 Å². The third-order valence-corrected chi connectivity index (χ3v) is 7.93. The highest BCUT2D eigenvalue weighted by atomic mass is 16.3. The molecular formula is C18H30O2. The predicted octanol–water partition coefficient (Wildman–Crippen LogP) is 3.50. The number of hydrogen-bond acceptors (Lipinski definition) is 2. The van der Waals surface area contributed by atoms with Gasteiger partial charge in [0.2, 0.25) is 0 Å². The van der Waals surface area contributed by atoms with Crippen molar-refractivity contribution in [2.45, 2.75) is 82.8 Å². The van der Waals surface area contributed by atoms with Crippen molar-refractivity contribution in [3.05, 3.63) is 0 Å². The van der Waals surface area contributed by atoms with E-state index in [-0.39, 0.29) is 17.1 Å². The molecule has 0 aromatic heterocycles. The van der Waals surface area contributed by atoms with E-state index in [0.29, 0.717) is 5.92 Å². The summed E-state index contributed by atoms with van der Waals surface area (Å²) in [5.74, 6) is 2.83. The van der Waals surface area contributed by atoms with Gasteiger partial charge in [-0.1, -0.05) is 19.8 Å². The molecule has 4 saturated carbocycles. The molecule has 1 unspecified atom stereocenters. The quantitative estimate of drug-likeness (QED) is 0.712. The van der Waals surface area contributed by atoms with E-state index in [9.17, 15) is 10.2 Å². The average molecular weight is 278 g/mol. The molecule has 4 fully saturated rings. The molecule has 20 heavy (non-hydrogen) atoms. The van der Waals surface area contributed by atoms with Crippen LogP contribution in [0, 0.1) is 29.1 Å². The van der Waals surface area contributed by atoms with E-state index in [1.165, 1.54) is 44.9 Å². The van der Waals surface area contributed by atoms with E-state index < -0.39 is 0 Å². The van der Waals surface area contributed by atoms with Gasteiger partial charge in [-0.3, -0.25) is 0 Å². The Balaban J connectivity index is 1.62. The maximum atomic E-state index is 11.0. The summed E-state index contributed by atoms with van der Waals surface area (Å²) in [6, 6.07) is 0. The van der Waals surface area contributed by atoms with Crippen LogP contribution in [-0.4, -0.2) is 21.9 Å². The van der Waals surface area contributed by atoms with Gasteiger partial charge < -0.3 is 10.2 Å². The van der Waals surface area contributed by atoms with Crippen LogP contribution in [0.1, 0.15) is 71.1 Å². The Morgan fingerprint density at radius 1 is 0.800 bits per heavy atom. The molecule has 7 atom stereocenters. The van der Waals surface area contributed by atoms with Crippen LogP contribution in [0.25, 0.3) is 0 Å². The molecule has 0 aromatic rings. The second-order valence-electron chi connectivity index (χ2n) is 8.57. The van der Waals surface area contributed by atoms with Crippen LogP contribution in [-0.2, 0) is 0 Å². The van der Waals surface area contributed by atoms with Crippen LogP contribution in [0.5, 0.6) is 0 Å². The van der Waals surface area contributed by atoms with E-state index >= 15 is 0 Å². The van der Waals surface area contributed by atoms with Crippen LogP contribution >= 0.6 is 0 Å². The number of aliphatic hydroxyl groups excluding tert-OH is 1. The summed E-state index contributed by atoms with van der Waals surface area (Å²) in [5.41, 5.74) is -0.143. The summed E-state index contributed by atoms with van der Waals surface area (Å²) in [7, 11) is 0. The van der Waals surface area contributed by atoms with E-state index in [4.69, 9.17) is 0 Å². The van der Waals surface area contributed by atoms with Crippen molar-refractivity contribution in [1.82, 2.24) is 0 Å². The molecule has 4 aliphatic carbocycles. The van der Waals surface area contributed by atoms with E-state index in [0.717, 1.165) is 37.0 Å². The minimum absolute atomic E-state index is 0.0689. The SMILES string of the molecule is C[C@]12CC[C@H]3[C@@H](CCC4(O)CCCC[C@H]34)[C@@H]1CC[C@@H]2O. The molecule has 0 radical (unpaired) electrons. The zero-order chi connectivity index (χ0) is 14.0. The highest BCUT2D eigenvalue weighted by Gasteiger charge is 2.59. The highest BCUT2D eigenvalue weighted by Crippen LogP contribution is 2.63. The van der Waals surface area contributed by atoms with Crippen LogP contribution < -0.4 is 0 Å². The predicted molar refractivity (Wildman–Crippen MR) is 79.2 cm³/mol. The number of hydrogen-bond donors (Lipinski definition) is 2. The highest BCUT2D eigenvalue weighted by molar-refractivity contribution is 5.08. The fourth-order valence-electron chi connectivity index (χ4n) is 6.79. The molecule has 2 nitrogen and oxygen atoms in total. The van der Waals surface area contributed by atoms with Gasteiger partial charge in [0, 0.05) is 0 Å². The first-order valence-electron chi connectivity index (χ1n) is 8.95. The molecule has 0 saturated heterocycles. The molecule has 0 aromatic carbocycles. The number of rotatable bonds is 0. The van der Waals surface area contributed by atoms with Gasteiger partial charge in [-0.15, -0.1) is 0 Å². The Bertz CT molecular complexity index is 391. The molecule has 4 rings (SSSR count). The first kappa shape index (κ1) is 13.6. The van der Waals surface area contributed by atoms with E-state index in [1.807, 2.05) is 0 Å². The lowest BCUT2D eigenvalue weighted by Gasteiger charge is -2.57. The van der Waals surface area contributed by atoms with Gasteiger partial charge in [-0.2, -0.15) is 0 Å². The van der Waals surface area contributed by atoms with Crippen LogP contribution in [0.2, 0.25) is 0 Å². The van der Waals surface area contributed by atoms with E-state index in [2.05, 4.69) is 6.92 Å². The molecule has 0 spiro atoms. The van der Waals surface area contributed by atoms with Crippen molar-refractivity contribution in [2.75, 3.05) is 0 Å². The molecule has 0 bridgehead atoms. The first-order chi connectivity index (χ1) is 9.55. The van der Waals surface area contributed by atoms with Gasteiger partial charge in [0.15, 0.2) is 0 Å². The summed E-state index contributed by atoms with van der Waals surface area (Å²) in [5, 5.41) is 21.4. The molecule has 114 valence electrons. The lowest BCUT2D eigenvalue weighted by Crippen LogP contribution is -2.55. The Morgan fingerprint density at radius 3 is 2.40 bits per heavy atom. The van der Waals surface area contributed by atoms with Gasteiger partial charge in [0.25, 0.3) is 0 Å². The summed E-state index contributed by atoms with van der Waals surface area (Å²) < 4.78 is 0. The largest absolute Gasteiger partial charge is 0.393 e. The van der Waals surface area contributed by atoms with Crippen LogP contribution in [0.15, 0.2) is 0 Å². The third kappa shape index (κ3) is 1.70. The smallest absolute Gasteiger partial charge is 0.0678 e. The topological polar surface area (TPSA) is 40.5 Å². The molecule has 2 N–H and O–H groups in total. The van der Waals surface area contributed by atoms with Crippen molar-refractivity contribution in [2.24, 2.45) is 29.1 Å². The molecule has 0 aliphatic heterocycles. The zero-order valence-corrected chi connectivity index (χ0v) is 12.9. The summed E-state index contributed by atoms with van der Waals surface area (Å²) >= 11 is 0. The summed E-state index contributed by atoms with van der Waals surface area (Å²) in [6.07, 6.45) is 11.7. The van der Waals surface area contributed by atoms with Gasteiger partial charge in [-0.05, 0) is 80.5 Å². The standard InChI is InChI=1S/C18H30O2/c1-17-10-7-13-12(14(17)5-6-16(17)19)8-11-18(20)9-3-2-4-15(13)18/h12-16,19-20H,2-11H2,1H3/t12-,13+,14+,15-,16+,17+,18?/m1/s1.